The number of rotatable bonds is 2. The van der Waals surface area contributed by atoms with Gasteiger partial charge in [0.1, 0.15) is 0 Å². The van der Waals surface area contributed by atoms with E-state index in [4.69, 9.17) is 28.9 Å². The molecule has 1 saturated carbocycles. The molecule has 3 N–H and O–H groups in total. The second kappa shape index (κ2) is 5.81. The van der Waals surface area contributed by atoms with E-state index >= 15 is 0 Å². The number of hydrogen-bond acceptors (Lipinski definition) is 2. The van der Waals surface area contributed by atoms with Gasteiger partial charge in [0.2, 0.25) is 0 Å². The van der Waals surface area contributed by atoms with Crippen molar-refractivity contribution in [2.75, 3.05) is 5.73 Å². The number of nitrogen functional groups attached to an aromatic ring is 1. The molecule has 0 atom stereocenters. The van der Waals surface area contributed by atoms with Crippen LogP contribution < -0.4 is 11.1 Å². The van der Waals surface area contributed by atoms with E-state index in [0.29, 0.717) is 21.3 Å². The molecule has 1 aliphatic rings. The molecule has 5 heteroatoms. The van der Waals surface area contributed by atoms with Crippen LogP contribution in [0.15, 0.2) is 12.1 Å². The number of nitrogens with one attached hydrogen (secondary N) is 1. The summed E-state index contributed by atoms with van der Waals surface area (Å²) in [5.74, 6) is -0.134. The van der Waals surface area contributed by atoms with Crippen LogP contribution in [0, 0.1) is 0 Å². The first-order valence-corrected chi connectivity index (χ1v) is 6.89. The van der Waals surface area contributed by atoms with Crippen molar-refractivity contribution in [1.29, 1.82) is 0 Å². The Labute approximate surface area is 117 Å². The van der Waals surface area contributed by atoms with Crippen molar-refractivity contribution in [2.45, 2.75) is 38.1 Å². The maximum Gasteiger partial charge on any atom is 0.251 e. The van der Waals surface area contributed by atoms with Gasteiger partial charge in [0.15, 0.2) is 0 Å². The highest BCUT2D eigenvalue weighted by Crippen LogP contribution is 2.29. The summed E-state index contributed by atoms with van der Waals surface area (Å²) in [5.41, 5.74) is 6.41. The lowest BCUT2D eigenvalue weighted by Crippen LogP contribution is -2.36. The zero-order valence-electron chi connectivity index (χ0n) is 10.0. The fourth-order valence-electron chi connectivity index (χ4n) is 2.23. The summed E-state index contributed by atoms with van der Waals surface area (Å²) < 4.78 is 0. The largest absolute Gasteiger partial charge is 0.396 e. The molecular formula is C13H16Cl2N2O. The first-order chi connectivity index (χ1) is 8.58. The van der Waals surface area contributed by atoms with Gasteiger partial charge < -0.3 is 11.1 Å². The minimum atomic E-state index is -0.134. The molecule has 0 aliphatic heterocycles. The van der Waals surface area contributed by atoms with Crippen LogP contribution in [0.25, 0.3) is 0 Å². The summed E-state index contributed by atoms with van der Waals surface area (Å²) in [5, 5.41) is 3.64. The molecule has 3 nitrogen and oxygen atoms in total. The van der Waals surface area contributed by atoms with Gasteiger partial charge >= 0.3 is 0 Å². The van der Waals surface area contributed by atoms with Gasteiger partial charge in [0.25, 0.3) is 5.91 Å². The number of hydrogen-bond donors (Lipinski definition) is 2. The van der Waals surface area contributed by atoms with E-state index in [0.717, 1.165) is 12.8 Å². The average Bonchev–Trinajstić information content (AvgIpc) is 2.36. The summed E-state index contributed by atoms with van der Waals surface area (Å²) in [7, 11) is 0. The summed E-state index contributed by atoms with van der Waals surface area (Å²) in [6.07, 6.45) is 5.69. The molecule has 0 aromatic heterocycles. The first-order valence-electron chi connectivity index (χ1n) is 6.13. The number of carbonyl (C=O) groups is 1. The maximum atomic E-state index is 12.1. The molecule has 1 aliphatic carbocycles. The van der Waals surface area contributed by atoms with E-state index < -0.39 is 0 Å². The minimum absolute atomic E-state index is 0.134. The summed E-state index contributed by atoms with van der Waals surface area (Å²) in [4.78, 5) is 12.1. The van der Waals surface area contributed by atoms with Gasteiger partial charge in [-0.3, -0.25) is 4.79 Å². The van der Waals surface area contributed by atoms with Gasteiger partial charge in [-0.05, 0) is 25.0 Å². The van der Waals surface area contributed by atoms with Crippen LogP contribution in [0.2, 0.25) is 10.0 Å². The number of halogens is 2. The Hall–Kier alpha value is -0.930. The molecule has 18 heavy (non-hydrogen) atoms. The molecule has 1 aromatic carbocycles. The standard InChI is InChI=1S/C13H16Cl2N2O/c14-10-6-8(7-11(15)12(10)16)13(18)17-9-4-2-1-3-5-9/h6-7,9H,1-5,16H2,(H,17,18). The van der Waals surface area contributed by atoms with Gasteiger partial charge in [0, 0.05) is 11.6 Å². The van der Waals surface area contributed by atoms with Crippen LogP contribution in [0.1, 0.15) is 42.5 Å². The fraction of sp³-hybridized carbons (Fsp3) is 0.462. The number of amides is 1. The highest BCUT2D eigenvalue weighted by molar-refractivity contribution is 6.39. The monoisotopic (exact) mass is 286 g/mol. The smallest absolute Gasteiger partial charge is 0.251 e. The molecule has 1 fully saturated rings. The van der Waals surface area contributed by atoms with Crippen molar-refractivity contribution in [1.82, 2.24) is 5.32 Å². The quantitative estimate of drug-likeness (QED) is 0.816. The van der Waals surface area contributed by atoms with E-state index in [9.17, 15) is 4.79 Å². The van der Waals surface area contributed by atoms with Gasteiger partial charge in [-0.25, -0.2) is 0 Å². The third kappa shape index (κ3) is 3.09. The van der Waals surface area contributed by atoms with Gasteiger partial charge in [-0.2, -0.15) is 0 Å². The molecule has 0 heterocycles. The van der Waals surface area contributed by atoms with Crippen molar-refractivity contribution in [3.8, 4) is 0 Å². The lowest BCUT2D eigenvalue weighted by Gasteiger charge is -2.22. The molecule has 0 unspecified atom stereocenters. The highest BCUT2D eigenvalue weighted by atomic mass is 35.5. The Balaban J connectivity index is 2.08. The van der Waals surface area contributed by atoms with Gasteiger partial charge in [-0.15, -0.1) is 0 Å². The van der Waals surface area contributed by atoms with E-state index in [1.807, 2.05) is 0 Å². The lowest BCUT2D eigenvalue weighted by molar-refractivity contribution is 0.0928. The minimum Gasteiger partial charge on any atom is -0.396 e. The lowest BCUT2D eigenvalue weighted by atomic mass is 9.95. The maximum absolute atomic E-state index is 12.1. The van der Waals surface area contributed by atoms with E-state index in [2.05, 4.69) is 5.32 Å². The Morgan fingerprint density at radius 1 is 1.17 bits per heavy atom. The Kier molecular flexibility index (Phi) is 4.36. The Bertz CT molecular complexity index is 433. The molecule has 2 rings (SSSR count). The van der Waals surface area contributed by atoms with Crippen LogP contribution in [0.5, 0.6) is 0 Å². The molecule has 0 saturated heterocycles. The second-order valence-electron chi connectivity index (χ2n) is 4.66. The fourth-order valence-corrected chi connectivity index (χ4v) is 2.72. The molecule has 0 bridgehead atoms. The van der Waals surface area contributed by atoms with Gasteiger partial charge in [-0.1, -0.05) is 42.5 Å². The number of nitrogens with two attached hydrogens (primary N) is 1. The molecule has 98 valence electrons. The first kappa shape index (κ1) is 13.5. The molecular weight excluding hydrogens is 271 g/mol. The summed E-state index contributed by atoms with van der Waals surface area (Å²) in [6.45, 7) is 0. The van der Waals surface area contributed by atoms with Crippen LogP contribution in [0.4, 0.5) is 5.69 Å². The van der Waals surface area contributed by atoms with E-state index in [-0.39, 0.29) is 11.9 Å². The normalized spacial score (nSPS) is 16.6. The Morgan fingerprint density at radius 2 is 1.72 bits per heavy atom. The number of carbonyl (C=O) groups excluding carboxylic acids is 1. The van der Waals surface area contributed by atoms with Crippen LogP contribution in [0.3, 0.4) is 0 Å². The number of anilines is 1. The summed E-state index contributed by atoms with van der Waals surface area (Å²) in [6, 6.07) is 3.38. The summed E-state index contributed by atoms with van der Waals surface area (Å²) >= 11 is 11.8. The van der Waals surface area contributed by atoms with Crippen LogP contribution in [-0.4, -0.2) is 11.9 Å². The van der Waals surface area contributed by atoms with E-state index in [1.54, 1.807) is 12.1 Å². The number of benzene rings is 1. The van der Waals surface area contributed by atoms with Crippen molar-refractivity contribution in [3.63, 3.8) is 0 Å². The Morgan fingerprint density at radius 3 is 2.28 bits per heavy atom. The molecule has 1 amide bonds. The second-order valence-corrected chi connectivity index (χ2v) is 5.48. The highest BCUT2D eigenvalue weighted by Gasteiger charge is 2.17. The molecule has 0 radical (unpaired) electrons. The molecule has 0 spiro atoms. The van der Waals surface area contributed by atoms with Crippen LogP contribution >= 0.6 is 23.2 Å². The predicted molar refractivity (Wildman–Crippen MR) is 75.2 cm³/mol. The predicted octanol–water partition coefficient (Wildman–Crippen LogP) is 3.64. The molecule has 1 aromatic rings. The average molecular weight is 287 g/mol. The SMILES string of the molecule is Nc1c(Cl)cc(C(=O)NC2CCCCC2)cc1Cl. The van der Waals surface area contributed by atoms with Crippen LogP contribution in [-0.2, 0) is 0 Å². The van der Waals surface area contributed by atoms with E-state index in [1.165, 1.54) is 19.3 Å². The third-order valence-corrected chi connectivity index (χ3v) is 3.91. The van der Waals surface area contributed by atoms with Crippen molar-refractivity contribution in [3.05, 3.63) is 27.7 Å². The topological polar surface area (TPSA) is 55.1 Å². The van der Waals surface area contributed by atoms with Crippen molar-refractivity contribution < 1.29 is 4.79 Å². The zero-order valence-corrected chi connectivity index (χ0v) is 11.5. The van der Waals surface area contributed by atoms with Gasteiger partial charge in [0.05, 0.1) is 15.7 Å². The van der Waals surface area contributed by atoms with Crippen molar-refractivity contribution in [2.24, 2.45) is 0 Å². The third-order valence-electron chi connectivity index (χ3n) is 3.28. The zero-order chi connectivity index (χ0) is 13.1. The van der Waals surface area contributed by atoms with Crippen molar-refractivity contribution >= 4 is 34.8 Å².